The zero-order valence-electron chi connectivity index (χ0n) is 10.6. The Morgan fingerprint density at radius 1 is 1.21 bits per heavy atom. The van der Waals surface area contributed by atoms with Gasteiger partial charge in [-0.25, -0.2) is 4.98 Å². The first-order valence-corrected chi connectivity index (χ1v) is 6.88. The van der Waals surface area contributed by atoms with Crippen LogP contribution in [-0.2, 0) is 6.54 Å². The SMILES string of the molecule is Cc1nc(Cn2cc(-c3ccc(N)cc3)cn2)cs1. The fraction of sp³-hybridized carbons (Fsp3) is 0.143. The number of aromatic nitrogens is 3. The summed E-state index contributed by atoms with van der Waals surface area (Å²) in [6.45, 7) is 2.72. The largest absolute Gasteiger partial charge is 0.399 e. The molecule has 0 aliphatic heterocycles. The molecule has 0 unspecified atom stereocenters. The van der Waals surface area contributed by atoms with Gasteiger partial charge in [0.1, 0.15) is 0 Å². The first-order valence-electron chi connectivity index (χ1n) is 6.00. The lowest BCUT2D eigenvalue weighted by molar-refractivity contribution is 0.675. The highest BCUT2D eigenvalue weighted by atomic mass is 32.1. The number of anilines is 1. The van der Waals surface area contributed by atoms with Crippen molar-refractivity contribution < 1.29 is 0 Å². The van der Waals surface area contributed by atoms with E-state index < -0.39 is 0 Å². The third-order valence-electron chi connectivity index (χ3n) is 2.87. The molecule has 96 valence electrons. The molecule has 0 fully saturated rings. The third-order valence-corrected chi connectivity index (χ3v) is 3.69. The molecule has 0 atom stereocenters. The van der Waals surface area contributed by atoms with Gasteiger partial charge in [0, 0.05) is 22.8 Å². The zero-order valence-corrected chi connectivity index (χ0v) is 11.4. The van der Waals surface area contributed by atoms with Crippen LogP contribution in [-0.4, -0.2) is 14.8 Å². The molecule has 0 aliphatic carbocycles. The zero-order chi connectivity index (χ0) is 13.2. The summed E-state index contributed by atoms with van der Waals surface area (Å²) in [5, 5.41) is 7.52. The molecule has 1 aromatic carbocycles. The minimum Gasteiger partial charge on any atom is -0.399 e. The van der Waals surface area contributed by atoms with Crippen molar-refractivity contribution in [3.63, 3.8) is 0 Å². The molecule has 0 amide bonds. The molecule has 2 aromatic heterocycles. The number of aryl methyl sites for hydroxylation is 1. The van der Waals surface area contributed by atoms with Gasteiger partial charge in [-0.05, 0) is 24.6 Å². The lowest BCUT2D eigenvalue weighted by atomic mass is 10.1. The molecule has 19 heavy (non-hydrogen) atoms. The molecule has 0 saturated heterocycles. The molecule has 3 aromatic rings. The van der Waals surface area contributed by atoms with E-state index in [0.29, 0.717) is 6.54 Å². The van der Waals surface area contributed by atoms with Crippen LogP contribution < -0.4 is 5.73 Å². The standard InChI is InChI=1S/C14H14N4S/c1-10-17-14(9-19-10)8-18-7-12(6-16-18)11-2-4-13(15)5-3-11/h2-7,9H,8,15H2,1H3. The molecule has 0 aliphatic rings. The number of hydrogen-bond acceptors (Lipinski definition) is 4. The first-order chi connectivity index (χ1) is 9.20. The van der Waals surface area contributed by atoms with Gasteiger partial charge in [0.2, 0.25) is 0 Å². The average molecular weight is 270 g/mol. The smallest absolute Gasteiger partial charge is 0.0898 e. The van der Waals surface area contributed by atoms with Crippen LogP contribution in [0.1, 0.15) is 10.7 Å². The van der Waals surface area contributed by atoms with Crippen molar-refractivity contribution in [3.05, 3.63) is 52.7 Å². The molecule has 2 N–H and O–H groups in total. The molecule has 0 saturated carbocycles. The van der Waals surface area contributed by atoms with Gasteiger partial charge in [0.25, 0.3) is 0 Å². The quantitative estimate of drug-likeness (QED) is 0.744. The maximum Gasteiger partial charge on any atom is 0.0898 e. The van der Waals surface area contributed by atoms with Gasteiger partial charge in [-0.1, -0.05) is 12.1 Å². The van der Waals surface area contributed by atoms with Crippen LogP contribution >= 0.6 is 11.3 Å². The lowest BCUT2D eigenvalue weighted by Gasteiger charge is -1.98. The Morgan fingerprint density at radius 2 is 2.00 bits per heavy atom. The van der Waals surface area contributed by atoms with Gasteiger partial charge in [-0.15, -0.1) is 11.3 Å². The van der Waals surface area contributed by atoms with Crippen molar-refractivity contribution in [1.82, 2.24) is 14.8 Å². The number of rotatable bonds is 3. The van der Waals surface area contributed by atoms with Crippen molar-refractivity contribution in [2.45, 2.75) is 13.5 Å². The summed E-state index contributed by atoms with van der Waals surface area (Å²) in [7, 11) is 0. The van der Waals surface area contributed by atoms with Gasteiger partial charge in [0.15, 0.2) is 0 Å². The minimum absolute atomic E-state index is 0.708. The second kappa shape index (κ2) is 4.85. The topological polar surface area (TPSA) is 56.7 Å². The van der Waals surface area contributed by atoms with E-state index in [1.165, 1.54) is 0 Å². The van der Waals surface area contributed by atoms with E-state index in [4.69, 9.17) is 5.73 Å². The van der Waals surface area contributed by atoms with Crippen LogP contribution in [0.5, 0.6) is 0 Å². The average Bonchev–Trinajstić information content (AvgIpc) is 3.00. The molecule has 5 heteroatoms. The lowest BCUT2D eigenvalue weighted by Crippen LogP contribution is -1.99. The number of hydrogen-bond donors (Lipinski definition) is 1. The van der Waals surface area contributed by atoms with Crippen LogP contribution in [0.2, 0.25) is 0 Å². The summed E-state index contributed by atoms with van der Waals surface area (Å²) in [5.41, 5.74) is 9.72. The van der Waals surface area contributed by atoms with Crippen LogP contribution in [0.3, 0.4) is 0 Å². The van der Waals surface area contributed by atoms with Crippen LogP contribution in [0, 0.1) is 6.92 Å². The summed E-state index contributed by atoms with van der Waals surface area (Å²) in [5.74, 6) is 0. The minimum atomic E-state index is 0.708. The van der Waals surface area contributed by atoms with E-state index in [-0.39, 0.29) is 0 Å². The summed E-state index contributed by atoms with van der Waals surface area (Å²) in [4.78, 5) is 4.44. The number of thiazole rings is 1. The summed E-state index contributed by atoms with van der Waals surface area (Å²) < 4.78 is 1.90. The van der Waals surface area contributed by atoms with Crippen LogP contribution in [0.25, 0.3) is 11.1 Å². The summed E-state index contributed by atoms with van der Waals surface area (Å²) in [6.07, 6.45) is 3.89. The highest BCUT2D eigenvalue weighted by Crippen LogP contribution is 2.20. The molecule has 0 bridgehead atoms. The first kappa shape index (κ1) is 11.9. The Bertz CT molecular complexity index is 682. The maximum absolute atomic E-state index is 5.69. The Kier molecular flexibility index (Phi) is 3.05. The van der Waals surface area contributed by atoms with E-state index in [0.717, 1.165) is 27.5 Å². The van der Waals surface area contributed by atoms with Crippen molar-refractivity contribution >= 4 is 17.0 Å². The summed E-state index contributed by atoms with van der Waals surface area (Å²) in [6, 6.07) is 7.81. The van der Waals surface area contributed by atoms with E-state index in [1.807, 2.05) is 48.3 Å². The predicted molar refractivity (Wildman–Crippen MR) is 78.0 cm³/mol. The normalized spacial score (nSPS) is 10.8. The second-order valence-electron chi connectivity index (χ2n) is 4.41. The molecule has 4 nitrogen and oxygen atoms in total. The van der Waals surface area contributed by atoms with Crippen molar-refractivity contribution in [2.75, 3.05) is 5.73 Å². The molecular weight excluding hydrogens is 256 g/mol. The number of nitrogens with zero attached hydrogens (tertiary/aromatic N) is 3. The molecule has 3 rings (SSSR count). The fourth-order valence-corrected chi connectivity index (χ4v) is 2.53. The highest BCUT2D eigenvalue weighted by molar-refractivity contribution is 7.09. The van der Waals surface area contributed by atoms with E-state index in [1.54, 1.807) is 11.3 Å². The van der Waals surface area contributed by atoms with Crippen molar-refractivity contribution in [3.8, 4) is 11.1 Å². The maximum atomic E-state index is 5.69. The third kappa shape index (κ3) is 2.66. The molecule has 0 spiro atoms. The number of benzene rings is 1. The second-order valence-corrected chi connectivity index (χ2v) is 5.47. The predicted octanol–water partition coefficient (Wildman–Crippen LogP) is 2.95. The van der Waals surface area contributed by atoms with Gasteiger partial charge < -0.3 is 5.73 Å². The fourth-order valence-electron chi connectivity index (χ4n) is 1.92. The number of nitrogens with two attached hydrogens (primary N) is 1. The molecular formula is C14H14N4S. The van der Waals surface area contributed by atoms with Gasteiger partial charge in [-0.2, -0.15) is 5.10 Å². The highest BCUT2D eigenvalue weighted by Gasteiger charge is 2.04. The summed E-state index contributed by atoms with van der Waals surface area (Å²) >= 11 is 1.66. The number of nitrogen functional groups attached to an aromatic ring is 1. The Hall–Kier alpha value is -2.14. The van der Waals surface area contributed by atoms with E-state index >= 15 is 0 Å². The Balaban J connectivity index is 1.81. The van der Waals surface area contributed by atoms with Crippen LogP contribution in [0.4, 0.5) is 5.69 Å². The Labute approximate surface area is 115 Å². The Morgan fingerprint density at radius 3 is 2.68 bits per heavy atom. The van der Waals surface area contributed by atoms with Crippen molar-refractivity contribution in [2.24, 2.45) is 0 Å². The van der Waals surface area contributed by atoms with Crippen molar-refractivity contribution in [1.29, 1.82) is 0 Å². The van der Waals surface area contributed by atoms with E-state index in [2.05, 4.69) is 15.5 Å². The molecule has 2 heterocycles. The van der Waals surface area contributed by atoms with E-state index in [9.17, 15) is 0 Å². The molecule has 0 radical (unpaired) electrons. The van der Waals surface area contributed by atoms with Gasteiger partial charge in [0.05, 0.1) is 23.4 Å². The van der Waals surface area contributed by atoms with Gasteiger partial charge in [-0.3, -0.25) is 4.68 Å². The van der Waals surface area contributed by atoms with Crippen LogP contribution in [0.15, 0.2) is 42.0 Å². The monoisotopic (exact) mass is 270 g/mol. The van der Waals surface area contributed by atoms with Gasteiger partial charge >= 0.3 is 0 Å².